The van der Waals surface area contributed by atoms with E-state index in [0.717, 1.165) is 5.82 Å². The van der Waals surface area contributed by atoms with E-state index in [-0.39, 0.29) is 11.8 Å². The predicted molar refractivity (Wildman–Crippen MR) is 101 cm³/mol. The molecule has 2 heterocycles. The molecule has 7 heteroatoms. The van der Waals surface area contributed by atoms with E-state index in [4.69, 9.17) is 5.26 Å². The van der Waals surface area contributed by atoms with Crippen molar-refractivity contribution >= 4 is 17.6 Å². The van der Waals surface area contributed by atoms with E-state index in [9.17, 15) is 9.59 Å². The number of nitrogens with zero attached hydrogens (tertiary/aromatic N) is 4. The van der Waals surface area contributed by atoms with E-state index in [1.165, 1.54) is 6.07 Å². The number of pyridine rings is 1. The fourth-order valence-electron chi connectivity index (χ4n) is 3.04. The number of carbonyl (C=O) groups is 2. The molecule has 2 amide bonds. The molecule has 0 unspecified atom stereocenters. The number of anilines is 1. The van der Waals surface area contributed by atoms with Gasteiger partial charge in [-0.25, -0.2) is 4.98 Å². The number of hydrogen-bond donors (Lipinski definition) is 1. The highest BCUT2D eigenvalue weighted by Crippen LogP contribution is 2.13. The Balaban J connectivity index is 1.55. The van der Waals surface area contributed by atoms with Crippen LogP contribution in [0.1, 0.15) is 22.8 Å². The van der Waals surface area contributed by atoms with Crippen LogP contribution in [0.2, 0.25) is 0 Å². The van der Waals surface area contributed by atoms with Crippen molar-refractivity contribution in [1.29, 1.82) is 5.26 Å². The standard InChI is InChI=1S/C20H21N5O2/c1-15(23-19(26)17-6-4-5-16(13-17)14-21)20(27)25-11-9-24(10-12-25)18-7-2-3-8-22-18/h2-8,13,15H,9-12H2,1H3,(H,23,26)/t15-/m1/s1. The summed E-state index contributed by atoms with van der Waals surface area (Å²) in [5.41, 5.74) is 0.779. The zero-order valence-corrected chi connectivity index (χ0v) is 15.1. The van der Waals surface area contributed by atoms with Crippen LogP contribution in [0, 0.1) is 11.3 Å². The molecule has 0 bridgehead atoms. The molecule has 7 nitrogen and oxygen atoms in total. The Kier molecular flexibility index (Phi) is 5.67. The van der Waals surface area contributed by atoms with Gasteiger partial charge in [-0.1, -0.05) is 12.1 Å². The first-order chi connectivity index (χ1) is 13.1. The van der Waals surface area contributed by atoms with Crippen molar-refractivity contribution < 1.29 is 9.59 Å². The fraction of sp³-hybridized carbons (Fsp3) is 0.300. The van der Waals surface area contributed by atoms with Gasteiger partial charge in [0.25, 0.3) is 5.91 Å². The SMILES string of the molecule is C[C@@H](NC(=O)c1cccc(C#N)c1)C(=O)N1CCN(c2ccccn2)CC1. The maximum atomic E-state index is 12.7. The summed E-state index contributed by atoms with van der Waals surface area (Å²) in [7, 11) is 0. The van der Waals surface area contributed by atoms with Crippen molar-refractivity contribution in [2.75, 3.05) is 31.1 Å². The van der Waals surface area contributed by atoms with Crippen molar-refractivity contribution in [3.8, 4) is 6.07 Å². The maximum absolute atomic E-state index is 12.7. The van der Waals surface area contributed by atoms with Gasteiger partial charge in [-0.15, -0.1) is 0 Å². The van der Waals surface area contributed by atoms with Crippen LogP contribution in [0.25, 0.3) is 0 Å². The molecular weight excluding hydrogens is 342 g/mol. The van der Waals surface area contributed by atoms with Crippen LogP contribution in [0.3, 0.4) is 0 Å². The van der Waals surface area contributed by atoms with E-state index >= 15 is 0 Å². The molecule has 1 aliphatic rings. The normalized spacial score (nSPS) is 15.0. The molecule has 1 aliphatic heterocycles. The van der Waals surface area contributed by atoms with Gasteiger partial charge in [-0.3, -0.25) is 9.59 Å². The Labute approximate surface area is 158 Å². The molecule has 0 aliphatic carbocycles. The minimum atomic E-state index is -0.635. The first kappa shape index (κ1) is 18.4. The largest absolute Gasteiger partial charge is 0.353 e. The molecule has 3 rings (SSSR count). The van der Waals surface area contributed by atoms with Crippen LogP contribution in [0.15, 0.2) is 48.7 Å². The quantitative estimate of drug-likeness (QED) is 0.887. The van der Waals surface area contributed by atoms with Crippen molar-refractivity contribution in [3.63, 3.8) is 0 Å². The third kappa shape index (κ3) is 4.42. The van der Waals surface area contributed by atoms with E-state index in [0.29, 0.717) is 37.3 Å². The molecule has 1 N–H and O–H groups in total. The lowest BCUT2D eigenvalue weighted by molar-refractivity contribution is -0.133. The first-order valence-electron chi connectivity index (χ1n) is 8.84. The molecule has 2 aromatic rings. The number of nitriles is 1. The molecular formula is C20H21N5O2. The second-order valence-corrected chi connectivity index (χ2v) is 6.39. The number of carbonyl (C=O) groups excluding carboxylic acids is 2. The second-order valence-electron chi connectivity index (χ2n) is 6.39. The minimum absolute atomic E-state index is 0.111. The lowest BCUT2D eigenvalue weighted by Gasteiger charge is -2.36. The molecule has 1 aromatic heterocycles. The average molecular weight is 363 g/mol. The topological polar surface area (TPSA) is 89.3 Å². The van der Waals surface area contributed by atoms with Gasteiger partial charge >= 0.3 is 0 Å². The lowest BCUT2D eigenvalue weighted by Crippen LogP contribution is -2.54. The fourth-order valence-corrected chi connectivity index (χ4v) is 3.04. The van der Waals surface area contributed by atoms with Gasteiger partial charge in [0.05, 0.1) is 11.6 Å². The highest BCUT2D eigenvalue weighted by molar-refractivity contribution is 5.97. The van der Waals surface area contributed by atoms with Crippen LogP contribution in [-0.4, -0.2) is 53.9 Å². The van der Waals surface area contributed by atoms with Crippen LogP contribution >= 0.6 is 0 Å². The predicted octanol–water partition coefficient (Wildman–Crippen LogP) is 1.42. The summed E-state index contributed by atoms with van der Waals surface area (Å²) in [5, 5.41) is 11.7. The number of piperazine rings is 1. The lowest BCUT2D eigenvalue weighted by atomic mass is 10.1. The summed E-state index contributed by atoms with van der Waals surface area (Å²) >= 11 is 0. The Morgan fingerprint density at radius 1 is 1.15 bits per heavy atom. The number of rotatable bonds is 4. The van der Waals surface area contributed by atoms with Gasteiger partial charge in [0.1, 0.15) is 11.9 Å². The molecule has 0 spiro atoms. The molecule has 27 heavy (non-hydrogen) atoms. The van der Waals surface area contributed by atoms with Gasteiger partial charge in [0.15, 0.2) is 0 Å². The number of amides is 2. The Morgan fingerprint density at radius 3 is 2.59 bits per heavy atom. The monoisotopic (exact) mass is 363 g/mol. The van der Waals surface area contributed by atoms with E-state index in [1.54, 1.807) is 36.2 Å². The van der Waals surface area contributed by atoms with E-state index in [2.05, 4.69) is 15.2 Å². The molecule has 138 valence electrons. The maximum Gasteiger partial charge on any atom is 0.251 e. The van der Waals surface area contributed by atoms with Gasteiger partial charge in [0.2, 0.25) is 5.91 Å². The zero-order valence-electron chi connectivity index (χ0n) is 15.1. The van der Waals surface area contributed by atoms with Gasteiger partial charge < -0.3 is 15.1 Å². The van der Waals surface area contributed by atoms with Crippen LogP contribution < -0.4 is 10.2 Å². The molecule has 1 fully saturated rings. The van der Waals surface area contributed by atoms with Crippen LogP contribution in [0.5, 0.6) is 0 Å². The van der Waals surface area contributed by atoms with Crippen LogP contribution in [0.4, 0.5) is 5.82 Å². The smallest absolute Gasteiger partial charge is 0.251 e. The van der Waals surface area contributed by atoms with Gasteiger partial charge in [-0.2, -0.15) is 5.26 Å². The zero-order chi connectivity index (χ0) is 19.2. The Bertz CT molecular complexity index is 854. The Hall–Kier alpha value is -3.40. The highest BCUT2D eigenvalue weighted by atomic mass is 16.2. The van der Waals surface area contributed by atoms with E-state index in [1.807, 2.05) is 24.3 Å². The summed E-state index contributed by atoms with van der Waals surface area (Å²) in [6.07, 6.45) is 1.76. The summed E-state index contributed by atoms with van der Waals surface area (Å²) in [6.45, 7) is 4.25. The number of aromatic nitrogens is 1. The Morgan fingerprint density at radius 2 is 1.93 bits per heavy atom. The molecule has 1 saturated heterocycles. The van der Waals surface area contributed by atoms with Crippen molar-refractivity contribution in [2.24, 2.45) is 0 Å². The third-order valence-electron chi connectivity index (χ3n) is 4.54. The highest BCUT2D eigenvalue weighted by Gasteiger charge is 2.26. The summed E-state index contributed by atoms with van der Waals surface area (Å²) < 4.78 is 0. The third-order valence-corrected chi connectivity index (χ3v) is 4.54. The second kappa shape index (κ2) is 8.32. The average Bonchev–Trinajstić information content (AvgIpc) is 2.74. The van der Waals surface area contributed by atoms with Crippen molar-refractivity contribution in [3.05, 3.63) is 59.8 Å². The molecule has 1 atom stereocenters. The number of benzene rings is 1. The molecule has 0 saturated carbocycles. The van der Waals surface area contributed by atoms with Crippen LogP contribution in [-0.2, 0) is 4.79 Å². The summed E-state index contributed by atoms with van der Waals surface area (Å²) in [5.74, 6) is 0.434. The minimum Gasteiger partial charge on any atom is -0.353 e. The molecule has 0 radical (unpaired) electrons. The summed E-state index contributed by atoms with van der Waals surface area (Å²) in [4.78, 5) is 33.2. The molecule has 1 aromatic carbocycles. The van der Waals surface area contributed by atoms with E-state index < -0.39 is 6.04 Å². The number of hydrogen-bond acceptors (Lipinski definition) is 5. The van der Waals surface area contributed by atoms with Gasteiger partial charge in [0, 0.05) is 37.9 Å². The van der Waals surface area contributed by atoms with Crippen molar-refractivity contribution in [1.82, 2.24) is 15.2 Å². The summed E-state index contributed by atoms with van der Waals surface area (Å²) in [6, 6.07) is 13.6. The first-order valence-corrected chi connectivity index (χ1v) is 8.84. The van der Waals surface area contributed by atoms with Crippen molar-refractivity contribution in [2.45, 2.75) is 13.0 Å². The number of nitrogens with one attached hydrogen (secondary N) is 1. The van der Waals surface area contributed by atoms with Gasteiger partial charge in [-0.05, 0) is 37.3 Å².